The Labute approximate surface area is 118 Å². The van der Waals surface area contributed by atoms with Crippen LogP contribution in [0.2, 0.25) is 0 Å². The van der Waals surface area contributed by atoms with Crippen molar-refractivity contribution in [2.75, 3.05) is 0 Å². The molecule has 0 aromatic heterocycles. The third-order valence-electron chi connectivity index (χ3n) is 4.20. The summed E-state index contributed by atoms with van der Waals surface area (Å²) in [5.74, 6) is 1.02. The summed E-state index contributed by atoms with van der Waals surface area (Å²) in [6.45, 7) is 10.5. The number of hydrogen-bond donors (Lipinski definition) is 0. The number of esters is 1. The van der Waals surface area contributed by atoms with E-state index >= 15 is 0 Å². The minimum atomic E-state index is -0.0125. The zero-order chi connectivity index (χ0) is 14.3. The van der Waals surface area contributed by atoms with Gasteiger partial charge < -0.3 is 4.74 Å². The number of carbonyl (C=O) groups excluding carboxylic acids is 1. The Hall–Kier alpha value is -0.790. The first-order chi connectivity index (χ1) is 9.04. The first kappa shape index (κ1) is 16.3. The quantitative estimate of drug-likeness (QED) is 0.373. The smallest absolute Gasteiger partial charge is 0.306 e. The molecule has 0 radical (unpaired) electrons. The van der Waals surface area contributed by atoms with Crippen molar-refractivity contribution in [2.45, 2.75) is 78.2 Å². The largest absolute Gasteiger partial charge is 0.462 e. The summed E-state index contributed by atoms with van der Waals surface area (Å²) < 4.78 is 5.72. The summed E-state index contributed by atoms with van der Waals surface area (Å²) in [5.41, 5.74) is 1.16. The highest BCUT2D eigenvalue weighted by Gasteiger charge is 2.31. The lowest BCUT2D eigenvalue weighted by Gasteiger charge is -2.34. The molecule has 1 saturated carbocycles. The van der Waals surface area contributed by atoms with Gasteiger partial charge in [-0.05, 0) is 38.5 Å². The first-order valence-electron chi connectivity index (χ1n) is 7.89. The van der Waals surface area contributed by atoms with Crippen LogP contribution in [0.25, 0.3) is 0 Å². The second kappa shape index (κ2) is 8.39. The molecule has 0 saturated heterocycles. The summed E-state index contributed by atoms with van der Waals surface area (Å²) in [6, 6.07) is 0. The van der Waals surface area contributed by atoms with Crippen molar-refractivity contribution in [1.82, 2.24) is 0 Å². The van der Waals surface area contributed by atoms with Gasteiger partial charge in [0.1, 0.15) is 6.10 Å². The van der Waals surface area contributed by atoms with Crippen molar-refractivity contribution in [2.24, 2.45) is 11.8 Å². The monoisotopic (exact) mass is 266 g/mol. The molecule has 0 unspecified atom stereocenters. The average molecular weight is 266 g/mol. The van der Waals surface area contributed by atoms with Crippen LogP contribution in [0.5, 0.6) is 0 Å². The zero-order valence-electron chi connectivity index (χ0n) is 12.9. The van der Waals surface area contributed by atoms with E-state index in [-0.39, 0.29) is 12.1 Å². The number of ether oxygens (including phenoxy) is 1. The summed E-state index contributed by atoms with van der Waals surface area (Å²) in [7, 11) is 0. The number of rotatable bonds is 7. The molecule has 0 heterocycles. The van der Waals surface area contributed by atoms with Crippen molar-refractivity contribution in [3.8, 4) is 0 Å². The molecule has 2 heteroatoms. The Bertz CT molecular complexity index is 296. The predicted octanol–water partition coefficient (Wildman–Crippen LogP) is 4.88. The zero-order valence-corrected chi connectivity index (χ0v) is 12.9. The second-order valence-corrected chi connectivity index (χ2v) is 6.21. The number of carbonyl (C=O) groups is 1. The minimum absolute atomic E-state index is 0.0125. The van der Waals surface area contributed by atoms with Gasteiger partial charge in [-0.3, -0.25) is 4.79 Å². The van der Waals surface area contributed by atoms with Gasteiger partial charge in [0.25, 0.3) is 0 Å². The standard InChI is InChI=1S/C17H30O2/c1-5-6-7-8-9-17(18)19-16-12-14(4)10-11-15(16)13(2)3/h14-16H,2,5-12H2,1,3-4H3/t14-,15+,16-/m1/s1. The van der Waals surface area contributed by atoms with Crippen molar-refractivity contribution in [3.05, 3.63) is 12.2 Å². The van der Waals surface area contributed by atoms with Crippen molar-refractivity contribution >= 4 is 5.97 Å². The lowest BCUT2D eigenvalue weighted by Crippen LogP contribution is -2.33. The number of hydrogen-bond acceptors (Lipinski definition) is 2. The van der Waals surface area contributed by atoms with Gasteiger partial charge in [0, 0.05) is 12.3 Å². The van der Waals surface area contributed by atoms with Crippen LogP contribution in [0.15, 0.2) is 12.2 Å². The normalized spacial score (nSPS) is 27.0. The van der Waals surface area contributed by atoms with E-state index in [1.54, 1.807) is 0 Å². The molecule has 110 valence electrons. The Kier molecular flexibility index (Phi) is 7.19. The van der Waals surface area contributed by atoms with Crippen molar-refractivity contribution in [1.29, 1.82) is 0 Å². The van der Waals surface area contributed by atoms with Crippen LogP contribution in [-0.2, 0) is 9.53 Å². The Morgan fingerprint density at radius 2 is 2.00 bits per heavy atom. The van der Waals surface area contributed by atoms with E-state index in [1.165, 1.54) is 19.3 Å². The third kappa shape index (κ3) is 5.80. The van der Waals surface area contributed by atoms with E-state index in [4.69, 9.17) is 4.74 Å². The SMILES string of the molecule is C=C(C)[C@@H]1CC[C@@H](C)C[C@H]1OC(=O)CCCCCC. The fourth-order valence-electron chi connectivity index (χ4n) is 2.95. The lowest BCUT2D eigenvalue weighted by molar-refractivity contribution is -0.153. The molecule has 0 aromatic carbocycles. The third-order valence-corrected chi connectivity index (χ3v) is 4.20. The Balaban J connectivity index is 2.38. The molecule has 0 aromatic rings. The van der Waals surface area contributed by atoms with Gasteiger partial charge in [0.2, 0.25) is 0 Å². The van der Waals surface area contributed by atoms with Crippen LogP contribution in [0, 0.1) is 11.8 Å². The van der Waals surface area contributed by atoms with Crippen LogP contribution >= 0.6 is 0 Å². The van der Waals surface area contributed by atoms with Crippen LogP contribution in [0.4, 0.5) is 0 Å². The van der Waals surface area contributed by atoms with Crippen LogP contribution in [0.3, 0.4) is 0 Å². The van der Waals surface area contributed by atoms with Crippen LogP contribution in [-0.4, -0.2) is 12.1 Å². The number of unbranched alkanes of at least 4 members (excludes halogenated alkanes) is 3. The molecule has 19 heavy (non-hydrogen) atoms. The van der Waals surface area contributed by atoms with Gasteiger partial charge in [-0.15, -0.1) is 0 Å². The molecule has 1 fully saturated rings. The highest BCUT2D eigenvalue weighted by atomic mass is 16.5. The summed E-state index contributed by atoms with van der Waals surface area (Å²) in [4.78, 5) is 11.9. The van der Waals surface area contributed by atoms with Crippen LogP contribution in [0.1, 0.15) is 72.1 Å². The van der Waals surface area contributed by atoms with Crippen molar-refractivity contribution < 1.29 is 9.53 Å². The van der Waals surface area contributed by atoms with Gasteiger partial charge in [0.05, 0.1) is 0 Å². The summed E-state index contributed by atoms with van der Waals surface area (Å²) in [6.07, 6.45) is 8.50. The average Bonchev–Trinajstić information content (AvgIpc) is 2.34. The van der Waals surface area contributed by atoms with E-state index in [1.807, 2.05) is 0 Å². The van der Waals surface area contributed by atoms with Gasteiger partial charge in [0.15, 0.2) is 0 Å². The maximum Gasteiger partial charge on any atom is 0.306 e. The highest BCUT2D eigenvalue weighted by Crippen LogP contribution is 2.34. The van der Waals surface area contributed by atoms with Gasteiger partial charge in [-0.1, -0.05) is 45.3 Å². The van der Waals surface area contributed by atoms with Gasteiger partial charge >= 0.3 is 5.97 Å². The molecule has 1 rings (SSSR count). The van der Waals surface area contributed by atoms with E-state index in [0.717, 1.165) is 31.3 Å². The van der Waals surface area contributed by atoms with E-state index in [0.29, 0.717) is 18.3 Å². The molecule has 0 amide bonds. The van der Waals surface area contributed by atoms with E-state index < -0.39 is 0 Å². The molecule has 3 atom stereocenters. The minimum Gasteiger partial charge on any atom is -0.462 e. The van der Waals surface area contributed by atoms with Gasteiger partial charge in [-0.25, -0.2) is 0 Å². The second-order valence-electron chi connectivity index (χ2n) is 6.21. The highest BCUT2D eigenvalue weighted by molar-refractivity contribution is 5.69. The molecule has 1 aliphatic rings. The van der Waals surface area contributed by atoms with E-state index in [2.05, 4.69) is 27.4 Å². The molecular weight excluding hydrogens is 236 g/mol. The molecular formula is C17H30O2. The maximum atomic E-state index is 11.9. The summed E-state index contributed by atoms with van der Waals surface area (Å²) >= 11 is 0. The topological polar surface area (TPSA) is 26.3 Å². The fraction of sp³-hybridized carbons (Fsp3) is 0.824. The molecule has 0 N–H and O–H groups in total. The van der Waals surface area contributed by atoms with E-state index in [9.17, 15) is 4.79 Å². The molecule has 1 aliphatic carbocycles. The summed E-state index contributed by atoms with van der Waals surface area (Å²) in [5, 5.41) is 0. The molecule has 2 nitrogen and oxygen atoms in total. The Morgan fingerprint density at radius 3 is 2.63 bits per heavy atom. The lowest BCUT2D eigenvalue weighted by atomic mass is 9.77. The predicted molar refractivity (Wildman–Crippen MR) is 80.0 cm³/mol. The fourth-order valence-corrected chi connectivity index (χ4v) is 2.95. The van der Waals surface area contributed by atoms with Crippen molar-refractivity contribution in [3.63, 3.8) is 0 Å². The molecule has 0 bridgehead atoms. The molecule has 0 spiro atoms. The maximum absolute atomic E-state index is 11.9. The van der Waals surface area contributed by atoms with Gasteiger partial charge in [-0.2, -0.15) is 0 Å². The Morgan fingerprint density at radius 1 is 1.26 bits per heavy atom. The van der Waals surface area contributed by atoms with Crippen LogP contribution < -0.4 is 0 Å². The first-order valence-corrected chi connectivity index (χ1v) is 7.89. The molecule has 0 aliphatic heterocycles.